The first-order valence-corrected chi connectivity index (χ1v) is 8.67. The van der Waals surface area contributed by atoms with E-state index in [0.717, 1.165) is 6.07 Å². The van der Waals surface area contributed by atoms with Gasteiger partial charge in [0.1, 0.15) is 5.78 Å². The third-order valence-electron chi connectivity index (χ3n) is 3.93. The zero-order chi connectivity index (χ0) is 22.5. The minimum absolute atomic E-state index is 0.0927. The molecule has 0 radical (unpaired) electrons. The Morgan fingerprint density at radius 3 is 2.40 bits per heavy atom. The van der Waals surface area contributed by atoms with Crippen molar-refractivity contribution < 1.29 is 36.3 Å². The molecule has 2 aromatic heterocycles. The van der Waals surface area contributed by atoms with E-state index in [-0.39, 0.29) is 17.8 Å². The van der Waals surface area contributed by atoms with Crippen molar-refractivity contribution in [1.82, 2.24) is 15.3 Å². The number of carbonyl (C=O) groups excluding carboxylic acids is 2. The average molecular weight is 431 g/mol. The summed E-state index contributed by atoms with van der Waals surface area (Å²) in [4.78, 5) is 31.3. The number of ether oxygens (including phenoxy) is 1. The zero-order valence-corrected chi connectivity index (χ0v) is 16.0. The van der Waals surface area contributed by atoms with Crippen LogP contribution in [0.1, 0.15) is 41.5 Å². The van der Waals surface area contributed by atoms with Gasteiger partial charge in [0, 0.05) is 36.1 Å². The van der Waals surface area contributed by atoms with Gasteiger partial charge in [-0.2, -0.15) is 22.0 Å². The van der Waals surface area contributed by atoms with E-state index in [1.807, 2.05) is 0 Å². The number of pyridine rings is 2. The summed E-state index contributed by atoms with van der Waals surface area (Å²) in [7, 11) is 0. The van der Waals surface area contributed by atoms with Crippen LogP contribution in [0.2, 0.25) is 0 Å². The van der Waals surface area contributed by atoms with Crippen molar-refractivity contribution in [3.8, 4) is 5.88 Å². The maximum Gasteiger partial charge on any atom is 0.456 e. The summed E-state index contributed by atoms with van der Waals surface area (Å²) in [5, 5.41) is 2.69. The van der Waals surface area contributed by atoms with Crippen LogP contribution in [0.25, 0.3) is 0 Å². The molecule has 162 valence electrons. The van der Waals surface area contributed by atoms with E-state index < -0.39 is 36.5 Å². The average Bonchev–Trinajstić information content (AvgIpc) is 2.65. The number of carbonyl (C=O) groups is 2. The Labute approximate surface area is 168 Å². The molecular weight excluding hydrogens is 413 g/mol. The lowest BCUT2D eigenvalue weighted by atomic mass is 10.1. The number of Topliss-reactive ketones (excluding diaryl/α,β-unsaturated/α-hetero) is 1. The molecule has 11 heteroatoms. The number of hydrogen-bond acceptors (Lipinski definition) is 5. The molecule has 2 rings (SSSR count). The lowest BCUT2D eigenvalue weighted by Gasteiger charge is -2.19. The highest BCUT2D eigenvalue weighted by atomic mass is 19.4. The summed E-state index contributed by atoms with van der Waals surface area (Å²) in [5.41, 5.74) is 1.20. The number of ketones is 1. The predicted octanol–water partition coefficient (Wildman–Crippen LogP) is 3.68. The number of hydrogen-bond donors (Lipinski definition) is 1. The van der Waals surface area contributed by atoms with Gasteiger partial charge < -0.3 is 10.1 Å². The van der Waals surface area contributed by atoms with Crippen LogP contribution >= 0.6 is 0 Å². The molecule has 30 heavy (non-hydrogen) atoms. The summed E-state index contributed by atoms with van der Waals surface area (Å²) >= 11 is 0. The smallest absolute Gasteiger partial charge is 0.456 e. The van der Waals surface area contributed by atoms with E-state index >= 15 is 0 Å². The Kier molecular flexibility index (Phi) is 7.06. The fraction of sp³-hybridized carbons (Fsp3) is 0.368. The second-order valence-electron chi connectivity index (χ2n) is 6.53. The van der Waals surface area contributed by atoms with Crippen molar-refractivity contribution in [3.05, 3.63) is 53.5 Å². The van der Waals surface area contributed by atoms with Gasteiger partial charge in [-0.05, 0) is 31.5 Å². The largest absolute Gasteiger partial charge is 0.471 e. The van der Waals surface area contributed by atoms with Crippen LogP contribution in [0, 0.1) is 0 Å². The Morgan fingerprint density at radius 1 is 1.13 bits per heavy atom. The number of amides is 1. The minimum atomic E-state index is -5.72. The molecule has 2 heterocycles. The van der Waals surface area contributed by atoms with Crippen molar-refractivity contribution in [2.24, 2.45) is 0 Å². The van der Waals surface area contributed by atoms with Crippen molar-refractivity contribution in [3.63, 3.8) is 0 Å². The van der Waals surface area contributed by atoms with Gasteiger partial charge in [-0.3, -0.25) is 14.6 Å². The van der Waals surface area contributed by atoms with Crippen molar-refractivity contribution in [2.45, 2.75) is 38.4 Å². The number of nitrogens with zero attached hydrogens (tertiary/aromatic N) is 2. The van der Waals surface area contributed by atoms with Gasteiger partial charge in [0.15, 0.2) is 6.61 Å². The number of nitrogens with one attached hydrogen (secondary N) is 1. The van der Waals surface area contributed by atoms with Crippen molar-refractivity contribution in [1.29, 1.82) is 0 Å². The maximum atomic E-state index is 12.9. The molecule has 0 bridgehead atoms. The fourth-order valence-electron chi connectivity index (χ4n) is 2.31. The Bertz CT molecular complexity index is 901. The zero-order valence-electron chi connectivity index (χ0n) is 16.0. The monoisotopic (exact) mass is 431 g/mol. The second kappa shape index (κ2) is 9.14. The number of rotatable bonds is 8. The highest BCUT2D eigenvalue weighted by molar-refractivity contribution is 5.94. The lowest BCUT2D eigenvalue weighted by molar-refractivity contribution is -0.290. The molecule has 1 unspecified atom stereocenters. The van der Waals surface area contributed by atoms with E-state index in [0.29, 0.717) is 11.3 Å². The van der Waals surface area contributed by atoms with Gasteiger partial charge in [-0.15, -0.1) is 0 Å². The van der Waals surface area contributed by atoms with Crippen LogP contribution in [0.15, 0.2) is 36.7 Å². The van der Waals surface area contributed by atoms with Crippen LogP contribution < -0.4 is 10.1 Å². The first-order valence-electron chi connectivity index (χ1n) is 8.67. The van der Waals surface area contributed by atoms with Crippen molar-refractivity contribution in [2.75, 3.05) is 6.61 Å². The molecule has 0 fully saturated rings. The molecule has 0 aliphatic heterocycles. The van der Waals surface area contributed by atoms with Gasteiger partial charge >= 0.3 is 12.1 Å². The first-order chi connectivity index (χ1) is 13.9. The van der Waals surface area contributed by atoms with E-state index in [4.69, 9.17) is 0 Å². The molecule has 2 aromatic rings. The molecular formula is C19H18F5N3O3. The van der Waals surface area contributed by atoms with E-state index in [2.05, 4.69) is 20.0 Å². The van der Waals surface area contributed by atoms with Crippen molar-refractivity contribution >= 4 is 11.7 Å². The summed E-state index contributed by atoms with van der Waals surface area (Å²) < 4.78 is 66.6. The van der Waals surface area contributed by atoms with E-state index in [1.54, 1.807) is 6.92 Å². The van der Waals surface area contributed by atoms with Crippen LogP contribution in [0.5, 0.6) is 5.88 Å². The van der Waals surface area contributed by atoms with Gasteiger partial charge in [0.2, 0.25) is 5.88 Å². The maximum absolute atomic E-state index is 12.9. The summed E-state index contributed by atoms with van der Waals surface area (Å²) in [6.45, 7) is 1.14. The summed E-state index contributed by atoms with van der Waals surface area (Å²) in [5.74, 6) is -5.96. The molecule has 0 aliphatic carbocycles. The van der Waals surface area contributed by atoms with Crippen LogP contribution in [0.4, 0.5) is 22.0 Å². The van der Waals surface area contributed by atoms with Crippen LogP contribution in [0.3, 0.4) is 0 Å². The summed E-state index contributed by atoms with van der Waals surface area (Å²) in [6, 6.07) is 4.91. The lowest BCUT2D eigenvalue weighted by Crippen LogP contribution is -2.41. The third-order valence-corrected chi connectivity index (χ3v) is 3.93. The Morgan fingerprint density at radius 2 is 1.83 bits per heavy atom. The number of halogens is 5. The SMILES string of the molecule is CC(=O)Cc1cc(C(=O)NC(C)c2ccc(OCC(F)(F)C(F)(F)F)nc2)ccn1. The van der Waals surface area contributed by atoms with Gasteiger partial charge in [0.05, 0.1) is 6.04 Å². The Hall–Kier alpha value is -3.11. The third kappa shape index (κ3) is 6.19. The molecule has 1 amide bonds. The van der Waals surface area contributed by atoms with E-state index in [1.165, 1.54) is 37.5 Å². The van der Waals surface area contributed by atoms with E-state index in [9.17, 15) is 31.5 Å². The normalized spacial score (nSPS) is 12.9. The van der Waals surface area contributed by atoms with Gasteiger partial charge in [-0.25, -0.2) is 4.98 Å². The number of aromatic nitrogens is 2. The standard InChI is InChI=1S/C19H18F5N3O3/c1-11(28)7-15-8-13(5-6-25-15)17(29)27-12(2)14-3-4-16(26-9-14)30-10-18(20,21)19(22,23)24/h3-6,8-9,12H,7,10H2,1-2H3,(H,27,29). The molecule has 0 saturated heterocycles. The quantitative estimate of drug-likeness (QED) is 0.645. The molecule has 6 nitrogen and oxygen atoms in total. The topological polar surface area (TPSA) is 81.2 Å². The molecule has 1 atom stereocenters. The highest BCUT2D eigenvalue weighted by Crippen LogP contribution is 2.35. The molecule has 0 saturated carbocycles. The fourth-order valence-corrected chi connectivity index (χ4v) is 2.31. The van der Waals surface area contributed by atoms with Gasteiger partial charge in [-0.1, -0.05) is 6.07 Å². The molecule has 0 spiro atoms. The summed E-state index contributed by atoms with van der Waals surface area (Å²) in [6.07, 6.45) is -3.03. The second-order valence-corrected chi connectivity index (χ2v) is 6.53. The molecule has 0 aliphatic rings. The molecule has 0 aromatic carbocycles. The Balaban J connectivity index is 1.98. The minimum Gasteiger partial charge on any atom is -0.471 e. The van der Waals surface area contributed by atoms with Crippen LogP contribution in [-0.2, 0) is 11.2 Å². The first kappa shape index (κ1) is 23.2. The van der Waals surface area contributed by atoms with Gasteiger partial charge in [0.25, 0.3) is 5.91 Å². The number of alkyl halides is 5. The predicted molar refractivity (Wildman–Crippen MR) is 95.2 cm³/mol. The molecule has 1 N–H and O–H groups in total. The highest BCUT2D eigenvalue weighted by Gasteiger charge is 2.58. The van der Waals surface area contributed by atoms with Crippen LogP contribution in [-0.4, -0.2) is 40.4 Å².